The molecule has 3 nitrogen and oxygen atoms in total. The summed E-state index contributed by atoms with van der Waals surface area (Å²) in [5.41, 5.74) is 1.28. The number of hydrogen-bond donors (Lipinski definition) is 1. The van der Waals surface area contributed by atoms with Crippen molar-refractivity contribution in [3.05, 3.63) is 35.4 Å². The summed E-state index contributed by atoms with van der Waals surface area (Å²) in [6, 6.07) is 8.42. The number of carbonyl (C=O) groups excluding carboxylic acids is 1. The molecule has 0 aromatic heterocycles. The fourth-order valence-corrected chi connectivity index (χ4v) is 3.86. The highest BCUT2D eigenvalue weighted by molar-refractivity contribution is 5.94. The minimum atomic E-state index is -0.661. The maximum atomic E-state index is 12.8. The molecule has 1 saturated carbocycles. The third-order valence-electron chi connectivity index (χ3n) is 5.11. The second-order valence-electron chi connectivity index (χ2n) is 7.66. The molecular formula is C19H27NO2. The van der Waals surface area contributed by atoms with Crippen LogP contribution in [0.4, 0.5) is 0 Å². The molecule has 1 heterocycles. The van der Waals surface area contributed by atoms with E-state index in [2.05, 4.69) is 4.90 Å². The lowest BCUT2D eigenvalue weighted by molar-refractivity contribution is 0.0714. The maximum Gasteiger partial charge on any atom is 0.254 e. The Bertz CT molecular complexity index is 547. The van der Waals surface area contributed by atoms with Crippen LogP contribution in [0.1, 0.15) is 61.9 Å². The molecule has 1 amide bonds. The van der Waals surface area contributed by atoms with Gasteiger partial charge in [-0.05, 0) is 69.6 Å². The predicted octanol–water partition coefficient (Wildman–Crippen LogP) is 3.40. The molecule has 1 aliphatic carbocycles. The molecule has 2 bridgehead atoms. The molecule has 0 spiro atoms. The lowest BCUT2D eigenvalue weighted by Gasteiger charge is -2.25. The first kappa shape index (κ1) is 15.5. The fraction of sp³-hybridized carbons (Fsp3) is 0.632. The molecule has 1 saturated heterocycles. The first-order valence-corrected chi connectivity index (χ1v) is 8.55. The molecule has 1 aliphatic heterocycles. The number of rotatable bonds is 4. The van der Waals surface area contributed by atoms with Crippen LogP contribution in [-0.2, 0) is 6.42 Å². The van der Waals surface area contributed by atoms with Crippen molar-refractivity contribution in [1.82, 2.24) is 4.90 Å². The highest BCUT2D eigenvalue weighted by Crippen LogP contribution is 2.36. The van der Waals surface area contributed by atoms with Gasteiger partial charge in [0.05, 0.1) is 5.60 Å². The van der Waals surface area contributed by atoms with Gasteiger partial charge in [0, 0.05) is 18.2 Å². The topological polar surface area (TPSA) is 40.5 Å². The van der Waals surface area contributed by atoms with Crippen molar-refractivity contribution in [3.63, 3.8) is 0 Å². The number of hydrogen-bond acceptors (Lipinski definition) is 2. The Morgan fingerprint density at radius 2 is 2.18 bits per heavy atom. The first-order chi connectivity index (χ1) is 10.4. The van der Waals surface area contributed by atoms with Crippen LogP contribution < -0.4 is 0 Å². The standard InChI is InChI=1S/C19H27NO2/c1-19(2,22)10-9-14-5-3-7-16(11-14)18(21)20-13-15-6-4-8-17(20)12-15/h3,5,7,11,15,17,22H,4,6,8-10,12-13H2,1-2H3/t15-,17+/m0/s1. The normalized spacial score (nSPS) is 24.6. The highest BCUT2D eigenvalue weighted by Gasteiger charge is 2.37. The molecule has 22 heavy (non-hydrogen) atoms. The van der Waals surface area contributed by atoms with E-state index >= 15 is 0 Å². The molecule has 1 aromatic carbocycles. The molecule has 1 aromatic rings. The van der Waals surface area contributed by atoms with E-state index in [0.717, 1.165) is 30.0 Å². The quantitative estimate of drug-likeness (QED) is 0.926. The number of benzene rings is 1. The lowest BCUT2D eigenvalue weighted by atomic mass is 9.90. The predicted molar refractivity (Wildman–Crippen MR) is 87.8 cm³/mol. The minimum absolute atomic E-state index is 0.194. The molecule has 120 valence electrons. The van der Waals surface area contributed by atoms with E-state index in [1.807, 2.05) is 38.1 Å². The second-order valence-corrected chi connectivity index (χ2v) is 7.66. The van der Waals surface area contributed by atoms with Gasteiger partial charge in [-0.1, -0.05) is 18.6 Å². The zero-order valence-corrected chi connectivity index (χ0v) is 13.7. The second kappa shape index (κ2) is 6.04. The number of likely N-dealkylation sites (tertiary alicyclic amines) is 1. The molecular weight excluding hydrogens is 274 g/mol. The maximum absolute atomic E-state index is 12.8. The van der Waals surface area contributed by atoms with Crippen LogP contribution in [0.5, 0.6) is 0 Å². The van der Waals surface area contributed by atoms with Gasteiger partial charge in [-0.3, -0.25) is 4.79 Å². The Morgan fingerprint density at radius 1 is 1.36 bits per heavy atom. The smallest absolute Gasteiger partial charge is 0.254 e. The molecule has 2 fully saturated rings. The van der Waals surface area contributed by atoms with Gasteiger partial charge >= 0.3 is 0 Å². The summed E-state index contributed by atoms with van der Waals surface area (Å²) < 4.78 is 0. The number of aryl methyl sites for hydroxylation is 1. The molecule has 3 heteroatoms. The average molecular weight is 301 g/mol. The molecule has 3 rings (SSSR count). The summed E-state index contributed by atoms with van der Waals surface area (Å²) in [6.45, 7) is 4.59. The van der Waals surface area contributed by atoms with E-state index in [1.54, 1.807) is 0 Å². The van der Waals surface area contributed by atoms with Crippen LogP contribution in [0, 0.1) is 5.92 Å². The Labute approximate surface area is 133 Å². The van der Waals surface area contributed by atoms with Gasteiger partial charge in [-0.15, -0.1) is 0 Å². The van der Waals surface area contributed by atoms with Crippen molar-refractivity contribution in [2.45, 2.75) is 64.0 Å². The summed E-state index contributed by atoms with van der Waals surface area (Å²) >= 11 is 0. The highest BCUT2D eigenvalue weighted by atomic mass is 16.3. The van der Waals surface area contributed by atoms with Gasteiger partial charge < -0.3 is 10.0 Å². The molecule has 0 radical (unpaired) electrons. The van der Waals surface area contributed by atoms with Crippen LogP contribution in [0.15, 0.2) is 24.3 Å². The minimum Gasteiger partial charge on any atom is -0.390 e. The summed E-state index contributed by atoms with van der Waals surface area (Å²) in [5, 5.41) is 9.86. The SMILES string of the molecule is CC(C)(O)CCc1cccc(C(=O)N2C[C@H]3CCC[C@@H]2C3)c1. The monoisotopic (exact) mass is 301 g/mol. The summed E-state index contributed by atoms with van der Waals surface area (Å²) in [5.74, 6) is 0.917. The number of amides is 1. The molecule has 2 atom stereocenters. The van der Waals surface area contributed by atoms with Crippen LogP contribution in [0.3, 0.4) is 0 Å². The number of carbonyl (C=O) groups is 1. The van der Waals surface area contributed by atoms with Gasteiger partial charge in [0.25, 0.3) is 5.91 Å². The third kappa shape index (κ3) is 3.52. The van der Waals surface area contributed by atoms with Crippen LogP contribution in [0.25, 0.3) is 0 Å². The number of fused-ring (bicyclic) bond motifs is 2. The van der Waals surface area contributed by atoms with Crippen molar-refractivity contribution >= 4 is 5.91 Å². The van der Waals surface area contributed by atoms with Gasteiger partial charge in [0.1, 0.15) is 0 Å². The molecule has 0 unspecified atom stereocenters. The Morgan fingerprint density at radius 3 is 2.91 bits per heavy atom. The Hall–Kier alpha value is -1.35. The summed E-state index contributed by atoms with van der Waals surface area (Å²) in [4.78, 5) is 14.9. The van der Waals surface area contributed by atoms with Crippen molar-refractivity contribution in [2.24, 2.45) is 5.92 Å². The zero-order valence-electron chi connectivity index (χ0n) is 13.7. The average Bonchev–Trinajstić information content (AvgIpc) is 2.78. The van der Waals surface area contributed by atoms with E-state index in [9.17, 15) is 9.90 Å². The Kier molecular flexibility index (Phi) is 4.26. The fourth-order valence-electron chi connectivity index (χ4n) is 3.86. The molecule has 2 aliphatic rings. The van der Waals surface area contributed by atoms with Crippen LogP contribution in [-0.4, -0.2) is 34.1 Å². The number of nitrogens with zero attached hydrogens (tertiary/aromatic N) is 1. The van der Waals surface area contributed by atoms with Gasteiger partial charge in [-0.2, -0.15) is 0 Å². The zero-order chi connectivity index (χ0) is 15.7. The number of aliphatic hydroxyl groups is 1. The van der Waals surface area contributed by atoms with E-state index in [1.165, 1.54) is 25.7 Å². The summed E-state index contributed by atoms with van der Waals surface area (Å²) in [7, 11) is 0. The van der Waals surface area contributed by atoms with Gasteiger partial charge in [0.2, 0.25) is 0 Å². The largest absolute Gasteiger partial charge is 0.390 e. The van der Waals surface area contributed by atoms with E-state index in [0.29, 0.717) is 12.5 Å². The van der Waals surface area contributed by atoms with Crippen molar-refractivity contribution < 1.29 is 9.90 Å². The third-order valence-corrected chi connectivity index (χ3v) is 5.11. The van der Waals surface area contributed by atoms with Crippen molar-refractivity contribution in [1.29, 1.82) is 0 Å². The van der Waals surface area contributed by atoms with Gasteiger partial charge in [0.15, 0.2) is 0 Å². The van der Waals surface area contributed by atoms with Gasteiger partial charge in [-0.25, -0.2) is 0 Å². The van der Waals surface area contributed by atoms with Crippen LogP contribution in [0.2, 0.25) is 0 Å². The van der Waals surface area contributed by atoms with Crippen molar-refractivity contribution in [2.75, 3.05) is 6.54 Å². The van der Waals surface area contributed by atoms with E-state index in [4.69, 9.17) is 0 Å². The van der Waals surface area contributed by atoms with Crippen LogP contribution >= 0.6 is 0 Å². The molecule has 1 N–H and O–H groups in total. The van der Waals surface area contributed by atoms with Crippen molar-refractivity contribution in [3.8, 4) is 0 Å². The lowest BCUT2D eigenvalue weighted by Crippen LogP contribution is -2.35. The Balaban J connectivity index is 1.70. The van der Waals surface area contributed by atoms with E-state index in [-0.39, 0.29) is 5.91 Å². The summed E-state index contributed by atoms with van der Waals surface area (Å²) in [6.07, 6.45) is 6.43. The first-order valence-electron chi connectivity index (χ1n) is 8.55. The van der Waals surface area contributed by atoms with E-state index < -0.39 is 5.60 Å².